The quantitative estimate of drug-likeness (QED) is 0.645. The molecule has 1 aliphatic rings. The number of aryl methyl sites for hydroxylation is 1. The molecule has 0 bridgehead atoms. The van der Waals surface area contributed by atoms with Crippen LogP contribution < -0.4 is 5.32 Å². The number of allylic oxidation sites excluding steroid dienone is 4. The predicted molar refractivity (Wildman–Crippen MR) is 80.0 cm³/mol. The van der Waals surface area contributed by atoms with Gasteiger partial charge < -0.3 is 10.4 Å². The van der Waals surface area contributed by atoms with Gasteiger partial charge in [-0.1, -0.05) is 19.6 Å². The van der Waals surface area contributed by atoms with E-state index in [4.69, 9.17) is 0 Å². The molecule has 0 saturated heterocycles. The molecule has 110 valence electrons. The Balaban J connectivity index is 2.23. The Hall–Kier alpha value is -2.19. The minimum atomic E-state index is -0.667. The number of rotatable bonds is 5. The van der Waals surface area contributed by atoms with Crippen molar-refractivity contribution in [2.24, 2.45) is 5.92 Å². The molecule has 2 rings (SSSR count). The van der Waals surface area contributed by atoms with Crippen LogP contribution in [0.1, 0.15) is 31.7 Å². The first-order chi connectivity index (χ1) is 10.0. The van der Waals surface area contributed by atoms with Crippen molar-refractivity contribution < 1.29 is 9.50 Å². The van der Waals surface area contributed by atoms with Gasteiger partial charge >= 0.3 is 0 Å². The normalized spacial score (nSPS) is 16.2. The van der Waals surface area contributed by atoms with Crippen LogP contribution in [0.4, 0.5) is 10.2 Å². The smallest absolute Gasteiger partial charge is 0.173 e. The molecule has 0 aliphatic heterocycles. The Morgan fingerprint density at radius 1 is 1.38 bits per heavy atom. The van der Waals surface area contributed by atoms with E-state index in [0.29, 0.717) is 22.8 Å². The highest BCUT2D eigenvalue weighted by atomic mass is 19.1. The predicted octanol–water partition coefficient (Wildman–Crippen LogP) is 3.12. The molecule has 2 unspecified atom stereocenters. The first kappa shape index (κ1) is 15.2. The van der Waals surface area contributed by atoms with Crippen molar-refractivity contribution in [1.29, 1.82) is 0 Å². The lowest BCUT2D eigenvalue weighted by atomic mass is 10.1. The maximum atomic E-state index is 12.8. The summed E-state index contributed by atoms with van der Waals surface area (Å²) in [4.78, 5) is 8.67. The average molecular weight is 287 g/mol. The molecule has 4 nitrogen and oxygen atoms in total. The summed E-state index contributed by atoms with van der Waals surface area (Å²) in [6.07, 6.45) is 4.65. The molecule has 21 heavy (non-hydrogen) atoms. The largest absolute Gasteiger partial charge is 0.373 e. The van der Waals surface area contributed by atoms with Gasteiger partial charge in [-0.05, 0) is 31.2 Å². The van der Waals surface area contributed by atoms with Gasteiger partial charge in [0.15, 0.2) is 5.83 Å². The van der Waals surface area contributed by atoms with Crippen molar-refractivity contribution in [2.75, 3.05) is 5.32 Å². The first-order valence-electron chi connectivity index (χ1n) is 6.89. The summed E-state index contributed by atoms with van der Waals surface area (Å²) in [5.41, 5.74) is 6.94. The Morgan fingerprint density at radius 2 is 2.14 bits per heavy atom. The summed E-state index contributed by atoms with van der Waals surface area (Å²) in [5, 5.41) is 12.9. The highest BCUT2D eigenvalue weighted by Gasteiger charge is 2.14. The van der Waals surface area contributed by atoms with Crippen molar-refractivity contribution in [3.63, 3.8) is 0 Å². The Bertz CT molecular complexity index is 668. The molecule has 1 aromatic rings. The van der Waals surface area contributed by atoms with E-state index in [1.54, 1.807) is 19.2 Å². The fourth-order valence-corrected chi connectivity index (χ4v) is 1.77. The molecular formula is C16H18FN3O. The van der Waals surface area contributed by atoms with Gasteiger partial charge in [-0.3, -0.25) is 0 Å². The van der Waals surface area contributed by atoms with Crippen LogP contribution in [0.2, 0.25) is 0 Å². The average Bonchev–Trinajstić information content (AvgIpc) is 2.49. The van der Waals surface area contributed by atoms with Crippen LogP contribution in [-0.4, -0.2) is 21.3 Å². The molecular weight excluding hydrogens is 269 g/mol. The van der Waals surface area contributed by atoms with Gasteiger partial charge in [-0.2, -0.15) is 4.39 Å². The highest BCUT2D eigenvalue weighted by Crippen LogP contribution is 2.19. The van der Waals surface area contributed by atoms with Crippen LogP contribution in [0.5, 0.6) is 0 Å². The van der Waals surface area contributed by atoms with Crippen LogP contribution in [-0.2, 0) is 0 Å². The number of nitrogens with one attached hydrogen (secondary N) is 1. The molecule has 5 heteroatoms. The lowest BCUT2D eigenvalue weighted by Gasteiger charge is -2.20. The summed E-state index contributed by atoms with van der Waals surface area (Å²) >= 11 is 0. The Morgan fingerprint density at radius 3 is 2.71 bits per heavy atom. The number of aliphatic hydroxyl groups excluding tert-OH is 1. The van der Waals surface area contributed by atoms with E-state index >= 15 is 0 Å². The SMILES string of the molecule is CCC(C)C(O)Nc1ncc(C2=C=C=C(F)C=C2)nc1C. The summed E-state index contributed by atoms with van der Waals surface area (Å²) in [5.74, 6) is 0.196. The van der Waals surface area contributed by atoms with E-state index in [-0.39, 0.29) is 5.92 Å². The molecule has 2 N–H and O–H groups in total. The zero-order valence-corrected chi connectivity index (χ0v) is 12.3. The Labute approximate surface area is 123 Å². The molecule has 1 heterocycles. The number of nitrogens with zero attached hydrogens (tertiary/aromatic N) is 2. The molecule has 0 amide bonds. The van der Waals surface area contributed by atoms with Crippen molar-refractivity contribution in [1.82, 2.24) is 9.97 Å². The van der Waals surface area contributed by atoms with E-state index < -0.39 is 12.1 Å². The van der Waals surface area contributed by atoms with Crippen molar-refractivity contribution in [3.05, 3.63) is 47.0 Å². The minimum Gasteiger partial charge on any atom is -0.373 e. The monoisotopic (exact) mass is 287 g/mol. The second kappa shape index (κ2) is 6.51. The maximum absolute atomic E-state index is 12.8. The minimum absolute atomic E-state index is 0.117. The van der Waals surface area contributed by atoms with E-state index in [0.717, 1.165) is 6.42 Å². The van der Waals surface area contributed by atoms with Crippen molar-refractivity contribution in [3.8, 4) is 0 Å². The first-order valence-corrected chi connectivity index (χ1v) is 6.89. The topological polar surface area (TPSA) is 58.0 Å². The van der Waals surface area contributed by atoms with Crippen LogP contribution >= 0.6 is 0 Å². The zero-order valence-electron chi connectivity index (χ0n) is 12.3. The molecule has 0 aromatic carbocycles. The third-order valence-corrected chi connectivity index (χ3v) is 3.40. The van der Waals surface area contributed by atoms with Crippen LogP contribution in [0.15, 0.2) is 35.6 Å². The number of hydrogen-bond donors (Lipinski definition) is 2. The number of aromatic nitrogens is 2. The van der Waals surface area contributed by atoms with Crippen molar-refractivity contribution in [2.45, 2.75) is 33.4 Å². The zero-order chi connectivity index (χ0) is 15.4. The van der Waals surface area contributed by atoms with E-state index in [2.05, 4.69) is 26.7 Å². The summed E-state index contributed by atoms with van der Waals surface area (Å²) in [6.45, 7) is 5.77. The van der Waals surface area contributed by atoms with Gasteiger partial charge in [-0.25, -0.2) is 9.97 Å². The Kier molecular flexibility index (Phi) is 4.71. The molecule has 0 saturated carbocycles. The second-order valence-corrected chi connectivity index (χ2v) is 5.01. The maximum Gasteiger partial charge on any atom is 0.173 e. The standard InChI is InChI=1S/C16H18FN3O/c1-4-10(2)16(21)20-15-11(3)19-14(9-18-15)12-5-7-13(17)8-6-12/h5,7,9-10,16,21H,4H2,1-3H3,(H,18,20). The molecule has 2 atom stereocenters. The fourth-order valence-electron chi connectivity index (χ4n) is 1.77. The van der Waals surface area contributed by atoms with Gasteiger partial charge in [0.1, 0.15) is 12.0 Å². The van der Waals surface area contributed by atoms with E-state index in [1.807, 2.05) is 13.8 Å². The summed E-state index contributed by atoms with van der Waals surface area (Å²) < 4.78 is 12.8. The van der Waals surface area contributed by atoms with Gasteiger partial charge in [0, 0.05) is 5.92 Å². The number of halogens is 1. The lowest BCUT2D eigenvalue weighted by Crippen LogP contribution is -2.27. The highest BCUT2D eigenvalue weighted by molar-refractivity contribution is 5.72. The van der Waals surface area contributed by atoms with E-state index in [1.165, 1.54) is 6.08 Å². The van der Waals surface area contributed by atoms with Gasteiger partial charge in [0.2, 0.25) is 0 Å². The summed E-state index contributed by atoms with van der Waals surface area (Å²) in [6, 6.07) is 0. The number of aliphatic hydroxyl groups is 1. The van der Waals surface area contributed by atoms with Crippen LogP contribution in [0.25, 0.3) is 5.57 Å². The van der Waals surface area contributed by atoms with Crippen molar-refractivity contribution >= 4 is 11.4 Å². The van der Waals surface area contributed by atoms with Crippen LogP contribution in [0, 0.1) is 12.8 Å². The second-order valence-electron chi connectivity index (χ2n) is 5.01. The third kappa shape index (κ3) is 3.67. The summed E-state index contributed by atoms with van der Waals surface area (Å²) in [7, 11) is 0. The number of hydrogen-bond acceptors (Lipinski definition) is 4. The lowest BCUT2D eigenvalue weighted by molar-refractivity contribution is 0.141. The number of anilines is 1. The molecule has 0 radical (unpaired) electrons. The molecule has 0 fully saturated rings. The van der Waals surface area contributed by atoms with Gasteiger partial charge in [0.25, 0.3) is 0 Å². The fraction of sp³-hybridized carbons (Fsp3) is 0.375. The molecule has 1 aromatic heterocycles. The van der Waals surface area contributed by atoms with Gasteiger partial charge in [0.05, 0.1) is 23.2 Å². The third-order valence-electron chi connectivity index (χ3n) is 3.40. The molecule has 1 aliphatic carbocycles. The molecule has 0 spiro atoms. The van der Waals surface area contributed by atoms with Gasteiger partial charge in [-0.15, -0.1) is 0 Å². The van der Waals surface area contributed by atoms with Crippen LogP contribution in [0.3, 0.4) is 0 Å². The van der Waals surface area contributed by atoms with E-state index in [9.17, 15) is 9.50 Å².